The van der Waals surface area contributed by atoms with Crippen LogP contribution in [0.1, 0.15) is 18.1 Å². The van der Waals surface area contributed by atoms with E-state index in [9.17, 15) is 4.79 Å². The number of para-hydroxylation sites is 1. The van der Waals surface area contributed by atoms with Crippen molar-refractivity contribution in [1.29, 1.82) is 0 Å². The maximum absolute atomic E-state index is 12.5. The molecule has 1 unspecified atom stereocenters. The van der Waals surface area contributed by atoms with Crippen LogP contribution in [0, 0.1) is 0 Å². The van der Waals surface area contributed by atoms with Gasteiger partial charge >= 0.3 is 0 Å². The molecule has 1 aromatic heterocycles. The molecule has 0 saturated heterocycles. The molecule has 1 heterocycles. The first-order valence-corrected chi connectivity index (χ1v) is 9.41. The lowest BCUT2D eigenvalue weighted by atomic mass is 10.2. The molecule has 8 heteroatoms. The maximum Gasteiger partial charge on any atom is 0.233 e. The number of methoxy groups -OCH3 is 1. The van der Waals surface area contributed by atoms with Gasteiger partial charge in [0.25, 0.3) is 0 Å². The molecule has 0 radical (unpaired) electrons. The van der Waals surface area contributed by atoms with Crippen molar-refractivity contribution in [2.45, 2.75) is 30.4 Å². The maximum atomic E-state index is 12.5. The first-order chi connectivity index (χ1) is 13.2. The van der Waals surface area contributed by atoms with Crippen LogP contribution in [-0.2, 0) is 17.9 Å². The highest BCUT2D eigenvalue weighted by Crippen LogP contribution is 2.22. The molecular weight excluding hydrogens is 362 g/mol. The summed E-state index contributed by atoms with van der Waals surface area (Å²) in [5, 5.41) is 15.0. The minimum atomic E-state index is -0.333. The molecule has 0 saturated carbocycles. The molecule has 2 aromatic carbocycles. The fraction of sp³-hybridized carbons (Fsp3) is 0.263. The van der Waals surface area contributed by atoms with Crippen molar-refractivity contribution in [2.75, 3.05) is 7.11 Å². The van der Waals surface area contributed by atoms with Crippen LogP contribution >= 0.6 is 11.8 Å². The average molecular weight is 383 g/mol. The van der Waals surface area contributed by atoms with Gasteiger partial charge in [-0.25, -0.2) is 4.68 Å². The summed E-state index contributed by atoms with van der Waals surface area (Å²) < 4.78 is 7.01. The lowest BCUT2D eigenvalue weighted by molar-refractivity contribution is -0.120. The van der Waals surface area contributed by atoms with E-state index in [0.29, 0.717) is 18.2 Å². The van der Waals surface area contributed by atoms with Crippen LogP contribution in [0.4, 0.5) is 0 Å². The molecule has 0 aliphatic carbocycles. The first kappa shape index (κ1) is 18.9. The Morgan fingerprint density at radius 2 is 1.93 bits per heavy atom. The molecule has 7 nitrogen and oxygen atoms in total. The largest absolute Gasteiger partial charge is 0.496 e. The van der Waals surface area contributed by atoms with Crippen LogP contribution in [-0.4, -0.2) is 38.5 Å². The van der Waals surface area contributed by atoms with E-state index < -0.39 is 0 Å². The molecule has 27 heavy (non-hydrogen) atoms. The summed E-state index contributed by atoms with van der Waals surface area (Å²) in [5.74, 6) is 0.671. The van der Waals surface area contributed by atoms with Gasteiger partial charge in [-0.3, -0.25) is 4.79 Å². The van der Waals surface area contributed by atoms with E-state index >= 15 is 0 Å². The molecule has 1 N–H and O–H groups in total. The number of nitrogens with one attached hydrogen (secondary N) is 1. The molecule has 0 aliphatic rings. The Bertz CT molecular complexity index is 885. The Kier molecular flexibility index (Phi) is 6.43. The molecule has 3 rings (SSSR count). The summed E-state index contributed by atoms with van der Waals surface area (Å²) in [6.07, 6.45) is 0. The van der Waals surface area contributed by atoms with Crippen LogP contribution in [0.5, 0.6) is 5.75 Å². The van der Waals surface area contributed by atoms with Crippen molar-refractivity contribution in [3.8, 4) is 5.75 Å². The monoisotopic (exact) mass is 383 g/mol. The van der Waals surface area contributed by atoms with Gasteiger partial charge in [0.2, 0.25) is 11.1 Å². The lowest BCUT2D eigenvalue weighted by Crippen LogP contribution is -2.30. The summed E-state index contributed by atoms with van der Waals surface area (Å²) >= 11 is 1.33. The third-order valence-electron chi connectivity index (χ3n) is 3.97. The molecule has 0 spiro atoms. The summed E-state index contributed by atoms with van der Waals surface area (Å²) in [6, 6.07) is 17.6. The van der Waals surface area contributed by atoms with Crippen LogP contribution in [0.15, 0.2) is 59.8 Å². The zero-order valence-electron chi connectivity index (χ0n) is 15.2. The first-order valence-electron chi connectivity index (χ1n) is 8.53. The van der Waals surface area contributed by atoms with Crippen LogP contribution in [0.2, 0.25) is 0 Å². The number of ether oxygens (including phenoxy) is 1. The highest BCUT2D eigenvalue weighted by Gasteiger charge is 2.19. The van der Waals surface area contributed by atoms with Crippen LogP contribution in [0.25, 0.3) is 0 Å². The van der Waals surface area contributed by atoms with Crippen molar-refractivity contribution < 1.29 is 9.53 Å². The summed E-state index contributed by atoms with van der Waals surface area (Å²) in [6.45, 7) is 2.80. The highest BCUT2D eigenvalue weighted by molar-refractivity contribution is 8.00. The second-order valence-electron chi connectivity index (χ2n) is 5.89. The smallest absolute Gasteiger partial charge is 0.233 e. The van der Waals surface area contributed by atoms with E-state index in [1.807, 2.05) is 61.5 Å². The number of thioether (sulfide) groups is 1. The lowest BCUT2D eigenvalue weighted by Gasteiger charge is -2.13. The van der Waals surface area contributed by atoms with Gasteiger partial charge in [-0.05, 0) is 29.0 Å². The van der Waals surface area contributed by atoms with Crippen LogP contribution < -0.4 is 10.1 Å². The van der Waals surface area contributed by atoms with E-state index in [4.69, 9.17) is 4.74 Å². The Labute approximate surface area is 162 Å². The zero-order valence-corrected chi connectivity index (χ0v) is 16.0. The van der Waals surface area contributed by atoms with Crippen molar-refractivity contribution in [3.63, 3.8) is 0 Å². The molecule has 140 valence electrons. The van der Waals surface area contributed by atoms with Gasteiger partial charge in [0, 0.05) is 12.1 Å². The summed E-state index contributed by atoms with van der Waals surface area (Å²) in [4.78, 5) is 12.5. The van der Waals surface area contributed by atoms with Crippen molar-refractivity contribution in [1.82, 2.24) is 25.5 Å². The standard InChI is InChI=1S/C19H21N5O2S/c1-14(18(25)20-12-16-10-6-7-11-17(16)26-2)27-19-21-22-23-24(19)13-15-8-4-3-5-9-15/h3-11,14H,12-13H2,1-2H3,(H,20,25). The van der Waals surface area contributed by atoms with Gasteiger partial charge in [0.05, 0.1) is 18.9 Å². The Morgan fingerprint density at radius 3 is 2.70 bits per heavy atom. The third-order valence-corrected chi connectivity index (χ3v) is 5.04. The van der Waals surface area contributed by atoms with E-state index in [1.165, 1.54) is 11.8 Å². The van der Waals surface area contributed by atoms with Gasteiger partial charge in [0.1, 0.15) is 5.75 Å². The van der Waals surface area contributed by atoms with E-state index in [2.05, 4.69) is 20.8 Å². The molecule has 0 fully saturated rings. The number of tetrazole rings is 1. The van der Waals surface area contributed by atoms with Gasteiger partial charge in [-0.1, -0.05) is 60.3 Å². The Morgan fingerprint density at radius 1 is 1.19 bits per heavy atom. The second-order valence-corrected chi connectivity index (χ2v) is 7.20. The van der Waals surface area contributed by atoms with E-state index in [1.54, 1.807) is 11.8 Å². The minimum Gasteiger partial charge on any atom is -0.496 e. The number of hydrogen-bond donors (Lipinski definition) is 1. The fourth-order valence-electron chi connectivity index (χ4n) is 2.52. The predicted octanol–water partition coefficient (Wildman–Crippen LogP) is 2.53. The Balaban J connectivity index is 1.58. The number of hydrogen-bond acceptors (Lipinski definition) is 6. The van der Waals surface area contributed by atoms with Gasteiger partial charge in [-0.2, -0.15) is 0 Å². The fourth-order valence-corrected chi connectivity index (χ4v) is 3.34. The Hall–Kier alpha value is -2.87. The number of benzene rings is 2. The van der Waals surface area contributed by atoms with Crippen molar-refractivity contribution in [2.24, 2.45) is 0 Å². The topological polar surface area (TPSA) is 81.9 Å². The SMILES string of the molecule is COc1ccccc1CNC(=O)C(C)Sc1nnnn1Cc1ccccc1. The molecule has 0 bridgehead atoms. The van der Waals surface area contributed by atoms with Crippen LogP contribution in [0.3, 0.4) is 0 Å². The number of carbonyl (C=O) groups excluding carboxylic acids is 1. The molecule has 1 amide bonds. The number of carbonyl (C=O) groups is 1. The van der Waals surface area contributed by atoms with Crippen molar-refractivity contribution in [3.05, 3.63) is 65.7 Å². The number of amides is 1. The van der Waals surface area contributed by atoms with Gasteiger partial charge < -0.3 is 10.1 Å². The number of nitrogens with zero attached hydrogens (tertiary/aromatic N) is 4. The van der Waals surface area contributed by atoms with Gasteiger partial charge in [0.15, 0.2) is 0 Å². The molecular formula is C19H21N5O2S. The number of aromatic nitrogens is 4. The average Bonchev–Trinajstić information content (AvgIpc) is 3.13. The summed E-state index contributed by atoms with van der Waals surface area (Å²) in [5.41, 5.74) is 2.03. The van der Waals surface area contributed by atoms with E-state index in [-0.39, 0.29) is 11.2 Å². The van der Waals surface area contributed by atoms with Crippen molar-refractivity contribution >= 4 is 17.7 Å². The summed E-state index contributed by atoms with van der Waals surface area (Å²) in [7, 11) is 1.62. The second kappa shape index (κ2) is 9.18. The normalized spacial score (nSPS) is 11.8. The third kappa shape index (κ3) is 5.07. The minimum absolute atomic E-state index is 0.0832. The molecule has 3 aromatic rings. The van der Waals surface area contributed by atoms with E-state index in [0.717, 1.165) is 16.9 Å². The van der Waals surface area contributed by atoms with Gasteiger partial charge in [-0.15, -0.1) is 5.10 Å². The molecule has 1 atom stereocenters. The quantitative estimate of drug-likeness (QED) is 0.602. The zero-order chi connectivity index (χ0) is 19.1. The molecule has 0 aliphatic heterocycles. The number of rotatable bonds is 8. The predicted molar refractivity (Wildman–Crippen MR) is 104 cm³/mol. The highest BCUT2D eigenvalue weighted by atomic mass is 32.2.